The third kappa shape index (κ3) is 0.703. The SMILES string of the molecule is CN1CC=NN1N. The Labute approximate surface area is 42.1 Å². The maximum Gasteiger partial charge on any atom is 0.0581 e. The number of rotatable bonds is 0. The van der Waals surface area contributed by atoms with Crippen molar-refractivity contribution in [2.24, 2.45) is 10.9 Å². The van der Waals surface area contributed by atoms with Crippen molar-refractivity contribution >= 4 is 6.21 Å². The van der Waals surface area contributed by atoms with Gasteiger partial charge in [0.25, 0.3) is 0 Å². The van der Waals surface area contributed by atoms with Gasteiger partial charge in [0.1, 0.15) is 0 Å². The Morgan fingerprint density at radius 1 is 1.86 bits per heavy atom. The molecule has 1 heterocycles. The van der Waals surface area contributed by atoms with Crippen molar-refractivity contribution in [2.75, 3.05) is 13.6 Å². The Morgan fingerprint density at radius 3 is 2.71 bits per heavy atom. The molecule has 0 spiro atoms. The molecule has 0 aromatic carbocycles. The maximum absolute atomic E-state index is 5.24. The summed E-state index contributed by atoms with van der Waals surface area (Å²) in [4.78, 5) is 0. The molecule has 0 saturated heterocycles. The summed E-state index contributed by atoms with van der Waals surface area (Å²) < 4.78 is 0. The van der Waals surface area contributed by atoms with E-state index in [0.717, 1.165) is 6.54 Å². The molecule has 2 N–H and O–H groups in total. The minimum atomic E-state index is 0.816. The zero-order valence-electron chi connectivity index (χ0n) is 4.20. The highest BCUT2D eigenvalue weighted by Gasteiger charge is 2.05. The van der Waals surface area contributed by atoms with Crippen LogP contribution in [0.1, 0.15) is 0 Å². The van der Waals surface area contributed by atoms with Gasteiger partial charge in [0.05, 0.1) is 6.54 Å². The predicted molar refractivity (Wildman–Crippen MR) is 27.1 cm³/mol. The van der Waals surface area contributed by atoms with Gasteiger partial charge in [0.2, 0.25) is 0 Å². The molecule has 0 amide bonds. The molecule has 0 unspecified atom stereocenters. The molecule has 40 valence electrons. The summed E-state index contributed by atoms with van der Waals surface area (Å²) in [7, 11) is 1.87. The number of hydrazone groups is 1. The summed E-state index contributed by atoms with van der Waals surface area (Å²) in [5, 5.41) is 6.83. The fourth-order valence-electron chi connectivity index (χ4n) is 0.410. The highest BCUT2D eigenvalue weighted by Crippen LogP contribution is 1.90. The summed E-state index contributed by atoms with van der Waals surface area (Å²) in [5.74, 6) is 5.24. The normalized spacial score (nSPS) is 21.7. The third-order valence-electron chi connectivity index (χ3n) is 0.896. The second-order valence-corrected chi connectivity index (χ2v) is 1.46. The number of hydrogen-bond acceptors (Lipinski definition) is 4. The molecule has 4 nitrogen and oxygen atoms in total. The average Bonchev–Trinajstić information content (AvgIpc) is 1.91. The van der Waals surface area contributed by atoms with E-state index in [1.165, 1.54) is 5.23 Å². The number of hydrogen-bond donors (Lipinski definition) is 1. The number of nitrogens with zero attached hydrogens (tertiary/aromatic N) is 3. The van der Waals surface area contributed by atoms with Crippen molar-refractivity contribution in [1.82, 2.24) is 10.2 Å². The zero-order valence-corrected chi connectivity index (χ0v) is 4.20. The van der Waals surface area contributed by atoms with E-state index in [-0.39, 0.29) is 0 Å². The van der Waals surface area contributed by atoms with Gasteiger partial charge >= 0.3 is 0 Å². The molecule has 0 saturated carbocycles. The van der Waals surface area contributed by atoms with Crippen molar-refractivity contribution < 1.29 is 0 Å². The average molecular weight is 100 g/mol. The van der Waals surface area contributed by atoms with Crippen LogP contribution in [0.3, 0.4) is 0 Å². The lowest BCUT2D eigenvalue weighted by molar-refractivity contribution is 0.0361. The third-order valence-corrected chi connectivity index (χ3v) is 0.896. The van der Waals surface area contributed by atoms with Crippen molar-refractivity contribution in [3.8, 4) is 0 Å². The molecule has 0 atom stereocenters. The monoisotopic (exact) mass is 100 g/mol. The van der Waals surface area contributed by atoms with Gasteiger partial charge in [-0.2, -0.15) is 15.3 Å². The summed E-state index contributed by atoms with van der Waals surface area (Å²) in [6.07, 6.45) is 1.75. The van der Waals surface area contributed by atoms with Crippen molar-refractivity contribution in [3.63, 3.8) is 0 Å². The Kier molecular flexibility index (Phi) is 0.958. The molecule has 1 aliphatic rings. The molecule has 0 aromatic heterocycles. The van der Waals surface area contributed by atoms with Gasteiger partial charge in [0.15, 0.2) is 0 Å². The van der Waals surface area contributed by atoms with Gasteiger partial charge in [-0.3, -0.25) is 0 Å². The van der Waals surface area contributed by atoms with Crippen LogP contribution in [0, 0.1) is 0 Å². The van der Waals surface area contributed by atoms with Gasteiger partial charge in [-0.05, 0) is 0 Å². The van der Waals surface area contributed by atoms with Gasteiger partial charge < -0.3 is 0 Å². The Balaban J connectivity index is 2.45. The van der Waals surface area contributed by atoms with Crippen molar-refractivity contribution in [2.45, 2.75) is 0 Å². The smallest absolute Gasteiger partial charge is 0.0581 e. The van der Waals surface area contributed by atoms with Gasteiger partial charge in [-0.15, -0.1) is 0 Å². The molecule has 4 heteroatoms. The molecule has 0 fully saturated rings. The minimum Gasteiger partial charge on any atom is -0.215 e. The maximum atomic E-state index is 5.24. The predicted octanol–water partition coefficient (Wildman–Crippen LogP) is -0.992. The second kappa shape index (κ2) is 1.48. The van der Waals surface area contributed by atoms with Gasteiger partial charge in [0, 0.05) is 13.3 Å². The highest BCUT2D eigenvalue weighted by molar-refractivity contribution is 5.60. The first-order valence-corrected chi connectivity index (χ1v) is 2.09. The molecule has 1 rings (SSSR count). The molecule has 0 aromatic rings. The van der Waals surface area contributed by atoms with E-state index in [9.17, 15) is 0 Å². The van der Waals surface area contributed by atoms with Crippen LogP contribution in [0.5, 0.6) is 0 Å². The van der Waals surface area contributed by atoms with E-state index >= 15 is 0 Å². The minimum absolute atomic E-state index is 0.816. The Morgan fingerprint density at radius 2 is 2.57 bits per heavy atom. The first kappa shape index (κ1) is 4.55. The topological polar surface area (TPSA) is 44.9 Å². The fraction of sp³-hybridized carbons (Fsp3) is 0.667. The second-order valence-electron chi connectivity index (χ2n) is 1.46. The van der Waals surface area contributed by atoms with Crippen molar-refractivity contribution in [3.05, 3.63) is 0 Å². The van der Waals surface area contributed by atoms with E-state index < -0.39 is 0 Å². The Bertz CT molecular complexity index is 88.9. The molecular formula is C3H8N4. The summed E-state index contributed by atoms with van der Waals surface area (Å²) in [5.41, 5.74) is 0. The van der Waals surface area contributed by atoms with Crippen LogP contribution in [-0.2, 0) is 0 Å². The zero-order chi connectivity index (χ0) is 5.28. The lowest BCUT2D eigenvalue weighted by Gasteiger charge is -2.14. The first-order chi connectivity index (χ1) is 3.30. The van der Waals surface area contributed by atoms with Gasteiger partial charge in [-0.25, -0.2) is 5.84 Å². The van der Waals surface area contributed by atoms with E-state index in [2.05, 4.69) is 5.10 Å². The fourth-order valence-corrected chi connectivity index (χ4v) is 0.410. The van der Waals surface area contributed by atoms with Crippen LogP contribution >= 0.6 is 0 Å². The Hall–Kier alpha value is -0.610. The molecule has 0 radical (unpaired) electrons. The van der Waals surface area contributed by atoms with E-state index in [1.807, 2.05) is 7.05 Å². The molecule has 1 aliphatic heterocycles. The standard InChI is InChI=1S/C3H8N4/c1-6-3-2-5-7(6)4/h2H,3-4H2,1H3. The first-order valence-electron chi connectivity index (χ1n) is 2.09. The van der Waals surface area contributed by atoms with Crippen molar-refractivity contribution in [1.29, 1.82) is 0 Å². The molecular weight excluding hydrogens is 92.1 g/mol. The van der Waals surface area contributed by atoms with E-state index in [1.54, 1.807) is 11.2 Å². The van der Waals surface area contributed by atoms with Gasteiger partial charge in [-0.1, -0.05) is 0 Å². The lowest BCUT2D eigenvalue weighted by atomic mass is 10.7. The lowest BCUT2D eigenvalue weighted by Crippen LogP contribution is -2.36. The molecule has 0 bridgehead atoms. The summed E-state index contributed by atoms with van der Waals surface area (Å²) in [6.45, 7) is 0.816. The molecule has 0 aliphatic carbocycles. The van der Waals surface area contributed by atoms with Crippen LogP contribution in [0.2, 0.25) is 0 Å². The highest BCUT2D eigenvalue weighted by atomic mass is 15.9. The van der Waals surface area contributed by atoms with Crippen LogP contribution < -0.4 is 5.84 Å². The quantitative estimate of drug-likeness (QED) is 0.397. The largest absolute Gasteiger partial charge is 0.215 e. The summed E-state index contributed by atoms with van der Waals surface area (Å²) in [6, 6.07) is 0. The van der Waals surface area contributed by atoms with Crippen LogP contribution in [0.25, 0.3) is 0 Å². The number of hydrazine groups is 2. The van der Waals surface area contributed by atoms with Crippen LogP contribution in [0.15, 0.2) is 5.10 Å². The van der Waals surface area contributed by atoms with Crippen LogP contribution in [-0.4, -0.2) is 30.0 Å². The molecule has 7 heavy (non-hydrogen) atoms. The van der Waals surface area contributed by atoms with Crippen LogP contribution in [0.4, 0.5) is 0 Å². The number of nitrogens with two attached hydrogens (primary N) is 1. The summed E-state index contributed by atoms with van der Waals surface area (Å²) >= 11 is 0. The van der Waals surface area contributed by atoms with E-state index in [4.69, 9.17) is 5.84 Å². The van der Waals surface area contributed by atoms with E-state index in [0.29, 0.717) is 0 Å².